The third kappa shape index (κ3) is 3.84. The van der Waals surface area contributed by atoms with Crippen LogP contribution < -0.4 is 0 Å². The van der Waals surface area contributed by atoms with E-state index in [9.17, 15) is 9.18 Å². The molecule has 1 saturated heterocycles. The van der Waals surface area contributed by atoms with Crippen molar-refractivity contribution in [3.05, 3.63) is 72.1 Å². The van der Waals surface area contributed by atoms with E-state index in [0.717, 1.165) is 5.75 Å². The molecule has 1 aliphatic carbocycles. The summed E-state index contributed by atoms with van der Waals surface area (Å²) < 4.78 is 15.7. The molecule has 1 atom stereocenters. The van der Waals surface area contributed by atoms with E-state index < -0.39 is 11.2 Å². The number of thioether (sulfide) groups is 1. The molecule has 1 amide bonds. The van der Waals surface area contributed by atoms with Crippen LogP contribution in [0.5, 0.6) is 0 Å². The Labute approximate surface area is 165 Å². The van der Waals surface area contributed by atoms with Crippen molar-refractivity contribution in [3.63, 3.8) is 0 Å². The van der Waals surface area contributed by atoms with Crippen LogP contribution in [0.15, 0.2) is 60.7 Å². The van der Waals surface area contributed by atoms with Gasteiger partial charge in [0, 0.05) is 24.1 Å². The summed E-state index contributed by atoms with van der Waals surface area (Å²) in [7, 11) is 0. The summed E-state index contributed by atoms with van der Waals surface area (Å²) in [5.74, 6) is 1.01. The Hall–Kier alpha value is -2.38. The van der Waals surface area contributed by atoms with Crippen molar-refractivity contribution in [2.24, 2.45) is 0 Å². The van der Waals surface area contributed by atoms with Crippen molar-refractivity contribution in [2.45, 2.75) is 5.38 Å². The van der Waals surface area contributed by atoms with Gasteiger partial charge in [-0.15, -0.1) is 23.4 Å². The van der Waals surface area contributed by atoms with Gasteiger partial charge in [-0.25, -0.2) is 9.07 Å². The maximum absolute atomic E-state index is 14.1. The smallest absolute Gasteiger partial charge is 0.275 e. The zero-order chi connectivity index (χ0) is 18.8. The van der Waals surface area contributed by atoms with Crippen molar-refractivity contribution in [3.8, 4) is 5.69 Å². The normalized spacial score (nSPS) is 19.6. The number of nitrogens with zero attached hydrogens (tertiary/aromatic N) is 4. The lowest BCUT2D eigenvalue weighted by Crippen LogP contribution is -2.28. The molecule has 0 spiro atoms. The van der Waals surface area contributed by atoms with E-state index in [2.05, 4.69) is 10.1 Å². The van der Waals surface area contributed by atoms with Crippen molar-refractivity contribution in [1.82, 2.24) is 19.7 Å². The molecule has 2 aliphatic rings. The second-order valence-corrected chi connectivity index (χ2v) is 7.68. The predicted molar refractivity (Wildman–Crippen MR) is 106 cm³/mol. The molecule has 138 valence electrons. The molecule has 0 bridgehead atoms. The van der Waals surface area contributed by atoms with Gasteiger partial charge < -0.3 is 4.90 Å². The van der Waals surface area contributed by atoms with Crippen LogP contribution in [0.1, 0.15) is 16.2 Å². The van der Waals surface area contributed by atoms with E-state index >= 15 is 0 Å². The quantitative estimate of drug-likeness (QED) is 0.732. The molecule has 4 rings (SSSR count). The fraction of sp³-hybridized carbons (Fsp3) is 0.211. The molecule has 0 aromatic carbocycles. The number of hydrogen-bond donors (Lipinski definition) is 0. The van der Waals surface area contributed by atoms with Crippen LogP contribution in [0.4, 0.5) is 4.39 Å². The van der Waals surface area contributed by atoms with Crippen LogP contribution in [0, 0.1) is 0 Å². The maximum atomic E-state index is 14.1. The van der Waals surface area contributed by atoms with Crippen LogP contribution in [0.2, 0.25) is 0 Å². The third-order valence-corrected chi connectivity index (χ3v) is 5.46. The summed E-state index contributed by atoms with van der Waals surface area (Å²) in [5, 5.41) is 3.97. The Kier molecular flexibility index (Phi) is 5.13. The number of carbonyl (C=O) groups excluding carboxylic acids is 1. The van der Waals surface area contributed by atoms with Gasteiger partial charge in [-0.2, -0.15) is 5.10 Å². The lowest BCUT2D eigenvalue weighted by molar-refractivity contribution is 0.0796. The van der Waals surface area contributed by atoms with Gasteiger partial charge in [0.15, 0.2) is 5.69 Å². The first-order valence-electron chi connectivity index (χ1n) is 8.41. The summed E-state index contributed by atoms with van der Waals surface area (Å²) in [6.07, 6.45) is 9.45. The summed E-state index contributed by atoms with van der Waals surface area (Å²) in [6, 6.07) is 5.31. The first kappa shape index (κ1) is 18.0. The molecule has 8 heteroatoms. The lowest BCUT2D eigenvalue weighted by atomic mass is 10.1. The SMILES string of the molecule is O=C(c1cc(C2=CC(F)=CC(Cl)C=C2)n(-c2cccnc2)n1)N1CCSC1. The zero-order valence-corrected chi connectivity index (χ0v) is 15.8. The minimum Gasteiger partial charge on any atom is -0.327 e. The van der Waals surface area contributed by atoms with Crippen LogP contribution in [0.3, 0.4) is 0 Å². The van der Waals surface area contributed by atoms with Crippen molar-refractivity contribution in [2.75, 3.05) is 18.2 Å². The molecule has 5 nitrogen and oxygen atoms in total. The second-order valence-electron chi connectivity index (χ2n) is 6.10. The highest BCUT2D eigenvalue weighted by molar-refractivity contribution is 7.99. The van der Waals surface area contributed by atoms with Crippen LogP contribution in [-0.4, -0.2) is 49.1 Å². The van der Waals surface area contributed by atoms with Gasteiger partial charge in [-0.05, 0) is 30.4 Å². The van der Waals surface area contributed by atoms with E-state index in [1.165, 1.54) is 12.2 Å². The molecular weight excluding hydrogens is 387 g/mol. The van der Waals surface area contributed by atoms with Gasteiger partial charge in [0.2, 0.25) is 0 Å². The Morgan fingerprint density at radius 1 is 1.41 bits per heavy atom. The predicted octanol–water partition coefficient (Wildman–Crippen LogP) is 3.83. The molecule has 0 saturated carbocycles. The Balaban J connectivity index is 1.81. The monoisotopic (exact) mass is 402 g/mol. The number of hydrogen-bond acceptors (Lipinski definition) is 4. The molecular formula is C19H16ClFN4OS. The third-order valence-electron chi connectivity index (χ3n) is 4.23. The van der Waals surface area contributed by atoms with Gasteiger partial charge in [0.05, 0.1) is 28.8 Å². The summed E-state index contributed by atoms with van der Waals surface area (Å²) in [6.45, 7) is 0.701. The maximum Gasteiger partial charge on any atom is 0.275 e. The van der Waals surface area contributed by atoms with Gasteiger partial charge in [-0.3, -0.25) is 9.78 Å². The topological polar surface area (TPSA) is 51.0 Å². The van der Waals surface area contributed by atoms with Crippen LogP contribution in [-0.2, 0) is 0 Å². The summed E-state index contributed by atoms with van der Waals surface area (Å²) >= 11 is 7.75. The number of allylic oxidation sites excluding steroid dienone is 6. The van der Waals surface area contributed by atoms with E-state index in [1.54, 1.807) is 58.0 Å². The van der Waals surface area contributed by atoms with Gasteiger partial charge in [0.25, 0.3) is 5.91 Å². The minimum absolute atomic E-state index is 0.131. The first-order valence-corrected chi connectivity index (χ1v) is 10.00. The highest BCUT2D eigenvalue weighted by Crippen LogP contribution is 2.27. The molecule has 27 heavy (non-hydrogen) atoms. The number of pyridine rings is 1. The molecule has 1 unspecified atom stereocenters. The number of halogens is 2. The second kappa shape index (κ2) is 7.70. The van der Waals surface area contributed by atoms with Crippen molar-refractivity contribution >= 4 is 34.8 Å². The Morgan fingerprint density at radius 2 is 2.30 bits per heavy atom. The van der Waals surface area contributed by atoms with Gasteiger partial charge >= 0.3 is 0 Å². The van der Waals surface area contributed by atoms with Crippen LogP contribution >= 0.6 is 23.4 Å². The summed E-state index contributed by atoms with van der Waals surface area (Å²) in [5.41, 5.74) is 2.19. The largest absolute Gasteiger partial charge is 0.327 e. The van der Waals surface area contributed by atoms with Gasteiger partial charge in [-0.1, -0.05) is 12.2 Å². The highest BCUT2D eigenvalue weighted by Gasteiger charge is 2.25. The fourth-order valence-electron chi connectivity index (χ4n) is 2.91. The van der Waals surface area contributed by atoms with E-state index in [0.29, 0.717) is 35.1 Å². The molecule has 1 aliphatic heterocycles. The van der Waals surface area contributed by atoms with E-state index in [1.807, 2.05) is 6.07 Å². The minimum atomic E-state index is -0.531. The molecule has 0 N–H and O–H groups in total. The Bertz CT molecular complexity index is 948. The number of alkyl halides is 1. The van der Waals surface area contributed by atoms with Crippen molar-refractivity contribution in [1.29, 1.82) is 0 Å². The standard InChI is InChI=1S/C19H16ClFN4OS/c20-14-4-3-13(8-15(21)9-14)18-10-17(19(26)24-6-7-27-12-24)23-25(18)16-2-1-5-22-11-16/h1-5,8-11,14H,6-7,12H2. The number of carbonyl (C=O) groups is 1. The van der Waals surface area contributed by atoms with Crippen molar-refractivity contribution < 1.29 is 9.18 Å². The number of amides is 1. The fourth-order valence-corrected chi connectivity index (χ4v) is 4.05. The average Bonchev–Trinajstić information content (AvgIpc) is 3.32. The van der Waals surface area contributed by atoms with E-state index in [4.69, 9.17) is 11.6 Å². The molecule has 3 heterocycles. The average molecular weight is 403 g/mol. The molecule has 2 aromatic heterocycles. The van der Waals surface area contributed by atoms with Gasteiger partial charge in [0.1, 0.15) is 5.83 Å². The molecule has 0 radical (unpaired) electrons. The van der Waals surface area contributed by atoms with E-state index in [-0.39, 0.29) is 5.91 Å². The lowest BCUT2D eigenvalue weighted by Gasteiger charge is -2.11. The Morgan fingerprint density at radius 3 is 3.04 bits per heavy atom. The first-order chi connectivity index (χ1) is 13.1. The summed E-state index contributed by atoms with van der Waals surface area (Å²) in [4.78, 5) is 18.7. The van der Waals surface area contributed by atoms with Crippen LogP contribution in [0.25, 0.3) is 11.3 Å². The number of aromatic nitrogens is 3. The highest BCUT2D eigenvalue weighted by atomic mass is 35.5. The number of rotatable bonds is 3. The zero-order valence-electron chi connectivity index (χ0n) is 14.3. The molecule has 1 fully saturated rings. The molecule has 2 aromatic rings.